The lowest BCUT2D eigenvalue weighted by Crippen LogP contribution is -2.17. The van der Waals surface area contributed by atoms with Gasteiger partial charge in [-0.3, -0.25) is 0 Å². The molecule has 0 aliphatic carbocycles. The summed E-state index contributed by atoms with van der Waals surface area (Å²) < 4.78 is 4.84. The molecule has 4 rings (SSSR count). The van der Waals surface area contributed by atoms with E-state index in [2.05, 4.69) is 37.6 Å². The second-order valence-corrected chi connectivity index (χ2v) is 6.79. The van der Waals surface area contributed by atoms with E-state index in [1.807, 2.05) is 18.2 Å². The summed E-state index contributed by atoms with van der Waals surface area (Å²) in [7, 11) is 1.36. The number of para-hydroxylation sites is 1. The number of rotatable bonds is 6. The lowest BCUT2D eigenvalue weighted by atomic mass is 10.2. The maximum absolute atomic E-state index is 11.9. The Bertz CT molecular complexity index is 985. The molecule has 0 atom stereocenters. The number of esters is 1. The molecule has 148 valence electrons. The fraction of sp³-hybridized carbons (Fsp3) is 0.227. The third kappa shape index (κ3) is 4.45. The first-order chi connectivity index (χ1) is 14.2. The van der Waals surface area contributed by atoms with Gasteiger partial charge in [0.05, 0.1) is 18.4 Å². The van der Waals surface area contributed by atoms with Crippen molar-refractivity contribution in [2.24, 2.45) is 0 Å². The highest BCUT2D eigenvalue weighted by Gasteiger charge is 2.13. The van der Waals surface area contributed by atoms with Gasteiger partial charge in [-0.05, 0) is 55.3 Å². The second kappa shape index (κ2) is 8.60. The Morgan fingerprint density at radius 3 is 2.52 bits per heavy atom. The van der Waals surface area contributed by atoms with Crippen LogP contribution in [0.1, 0.15) is 23.2 Å². The summed E-state index contributed by atoms with van der Waals surface area (Å²) in [4.78, 5) is 23.1. The molecule has 7 heteroatoms. The molecule has 29 heavy (non-hydrogen) atoms. The van der Waals surface area contributed by atoms with Crippen molar-refractivity contribution in [1.29, 1.82) is 0 Å². The molecule has 0 radical (unpaired) electrons. The number of nitrogens with one attached hydrogen (secondary N) is 2. The van der Waals surface area contributed by atoms with E-state index in [1.165, 1.54) is 25.6 Å². The predicted molar refractivity (Wildman–Crippen MR) is 114 cm³/mol. The number of nitrogens with zero attached hydrogens (tertiary/aromatic N) is 3. The Morgan fingerprint density at radius 2 is 1.76 bits per heavy atom. The first-order valence-corrected chi connectivity index (χ1v) is 9.62. The summed E-state index contributed by atoms with van der Waals surface area (Å²) in [6, 6.07) is 17.2. The highest BCUT2D eigenvalue weighted by Crippen LogP contribution is 2.24. The maximum Gasteiger partial charge on any atom is 0.339 e. The van der Waals surface area contributed by atoms with E-state index >= 15 is 0 Å². The van der Waals surface area contributed by atoms with Crippen molar-refractivity contribution in [1.82, 2.24) is 9.97 Å². The zero-order valence-corrected chi connectivity index (χ0v) is 16.3. The van der Waals surface area contributed by atoms with Gasteiger partial charge in [0.25, 0.3) is 0 Å². The third-order valence-electron chi connectivity index (χ3n) is 4.85. The van der Waals surface area contributed by atoms with Crippen LogP contribution in [0, 0.1) is 0 Å². The van der Waals surface area contributed by atoms with Gasteiger partial charge >= 0.3 is 5.97 Å². The summed E-state index contributed by atoms with van der Waals surface area (Å²) in [5, 5.41) is 6.39. The lowest BCUT2D eigenvalue weighted by molar-refractivity contribution is 0.0602. The Hall–Kier alpha value is -3.61. The van der Waals surface area contributed by atoms with Gasteiger partial charge in [-0.15, -0.1) is 0 Å². The molecule has 2 heterocycles. The summed E-state index contributed by atoms with van der Waals surface area (Å²) >= 11 is 0. The lowest BCUT2D eigenvalue weighted by Gasteiger charge is -2.17. The molecule has 2 N–H and O–H groups in total. The minimum absolute atomic E-state index is 0.404. The zero-order chi connectivity index (χ0) is 20.1. The Morgan fingerprint density at radius 1 is 1.00 bits per heavy atom. The monoisotopic (exact) mass is 389 g/mol. The molecule has 2 aromatic carbocycles. The van der Waals surface area contributed by atoms with Gasteiger partial charge in [-0.2, -0.15) is 4.98 Å². The average molecular weight is 389 g/mol. The average Bonchev–Trinajstić information content (AvgIpc) is 3.29. The molecular weight excluding hydrogens is 366 g/mol. The Kier molecular flexibility index (Phi) is 5.56. The maximum atomic E-state index is 11.9. The second-order valence-electron chi connectivity index (χ2n) is 6.79. The van der Waals surface area contributed by atoms with E-state index in [-0.39, 0.29) is 0 Å². The van der Waals surface area contributed by atoms with Crippen LogP contribution in [0.2, 0.25) is 0 Å². The van der Waals surface area contributed by atoms with Crippen molar-refractivity contribution in [2.45, 2.75) is 12.8 Å². The number of anilines is 5. The van der Waals surface area contributed by atoms with E-state index in [9.17, 15) is 4.79 Å². The minimum Gasteiger partial charge on any atom is -0.465 e. The highest BCUT2D eigenvalue weighted by molar-refractivity contribution is 5.96. The molecule has 0 amide bonds. The molecule has 1 aliphatic rings. The third-order valence-corrected chi connectivity index (χ3v) is 4.85. The largest absolute Gasteiger partial charge is 0.465 e. The van der Waals surface area contributed by atoms with E-state index in [0.29, 0.717) is 23.0 Å². The van der Waals surface area contributed by atoms with Gasteiger partial charge < -0.3 is 20.3 Å². The number of carbonyl (C=O) groups is 1. The molecule has 1 saturated heterocycles. The first kappa shape index (κ1) is 18.7. The molecule has 1 aliphatic heterocycles. The molecule has 3 aromatic rings. The van der Waals surface area contributed by atoms with Gasteiger partial charge in [0, 0.05) is 30.7 Å². The predicted octanol–water partition coefficient (Wildman–Crippen LogP) is 4.35. The molecule has 0 bridgehead atoms. The molecule has 1 fully saturated rings. The smallest absolute Gasteiger partial charge is 0.339 e. The van der Waals surface area contributed by atoms with Crippen LogP contribution in [0.15, 0.2) is 60.8 Å². The van der Waals surface area contributed by atoms with Crippen LogP contribution >= 0.6 is 0 Å². The quantitative estimate of drug-likeness (QED) is 0.607. The fourth-order valence-corrected chi connectivity index (χ4v) is 3.37. The van der Waals surface area contributed by atoms with Gasteiger partial charge in [-0.1, -0.05) is 12.1 Å². The number of methoxy groups -OCH3 is 1. The summed E-state index contributed by atoms with van der Waals surface area (Å²) in [5.74, 6) is 0.644. The Balaban J connectivity index is 1.47. The molecule has 7 nitrogen and oxygen atoms in total. The van der Waals surface area contributed by atoms with Crippen LogP contribution in [-0.4, -0.2) is 36.1 Å². The molecule has 1 aromatic heterocycles. The van der Waals surface area contributed by atoms with Crippen molar-refractivity contribution in [3.63, 3.8) is 0 Å². The number of hydrogen-bond acceptors (Lipinski definition) is 7. The Labute approximate surface area is 169 Å². The van der Waals surface area contributed by atoms with Gasteiger partial charge in [0.1, 0.15) is 5.82 Å². The van der Waals surface area contributed by atoms with Crippen LogP contribution in [0.4, 0.5) is 28.8 Å². The van der Waals surface area contributed by atoms with Crippen LogP contribution in [0.5, 0.6) is 0 Å². The van der Waals surface area contributed by atoms with E-state index in [4.69, 9.17) is 4.74 Å². The minimum atomic E-state index is -0.404. The van der Waals surface area contributed by atoms with Gasteiger partial charge in [0.2, 0.25) is 5.95 Å². The SMILES string of the molecule is COC(=O)c1ccccc1Nc1ccnc(Nc2ccc(N3CCCC3)cc2)n1. The van der Waals surface area contributed by atoms with E-state index < -0.39 is 5.97 Å². The normalized spacial score (nSPS) is 13.2. The molecule has 0 spiro atoms. The van der Waals surface area contributed by atoms with Crippen molar-refractivity contribution in [3.8, 4) is 0 Å². The van der Waals surface area contributed by atoms with Crippen LogP contribution in [0.3, 0.4) is 0 Å². The van der Waals surface area contributed by atoms with Crippen LogP contribution in [0.25, 0.3) is 0 Å². The van der Waals surface area contributed by atoms with Gasteiger partial charge in [0.15, 0.2) is 0 Å². The van der Waals surface area contributed by atoms with Crippen LogP contribution < -0.4 is 15.5 Å². The fourth-order valence-electron chi connectivity index (χ4n) is 3.37. The number of hydrogen-bond donors (Lipinski definition) is 2. The van der Waals surface area contributed by atoms with E-state index in [0.717, 1.165) is 18.8 Å². The number of carbonyl (C=O) groups excluding carboxylic acids is 1. The standard InChI is InChI=1S/C22H23N5O2/c1-29-21(28)18-6-2-3-7-19(18)25-20-12-13-23-22(26-20)24-16-8-10-17(11-9-16)27-14-4-5-15-27/h2-3,6-13H,4-5,14-15H2,1H3,(H2,23,24,25,26). The molecule has 0 saturated carbocycles. The number of benzene rings is 2. The van der Waals surface area contributed by atoms with Crippen molar-refractivity contribution < 1.29 is 9.53 Å². The van der Waals surface area contributed by atoms with Crippen molar-refractivity contribution >= 4 is 34.8 Å². The summed E-state index contributed by atoms with van der Waals surface area (Å²) in [6.07, 6.45) is 4.18. The van der Waals surface area contributed by atoms with Crippen molar-refractivity contribution in [3.05, 3.63) is 66.4 Å². The highest BCUT2D eigenvalue weighted by atomic mass is 16.5. The number of aromatic nitrogens is 2. The topological polar surface area (TPSA) is 79.4 Å². The molecule has 0 unspecified atom stereocenters. The van der Waals surface area contributed by atoms with Gasteiger partial charge in [-0.25, -0.2) is 9.78 Å². The molecular formula is C22H23N5O2. The zero-order valence-electron chi connectivity index (χ0n) is 16.3. The summed E-state index contributed by atoms with van der Waals surface area (Å²) in [6.45, 7) is 2.24. The number of ether oxygens (including phenoxy) is 1. The first-order valence-electron chi connectivity index (χ1n) is 9.62. The van der Waals surface area contributed by atoms with E-state index in [1.54, 1.807) is 30.5 Å². The summed E-state index contributed by atoms with van der Waals surface area (Å²) in [5.41, 5.74) is 3.23. The van der Waals surface area contributed by atoms with Crippen molar-refractivity contribution in [2.75, 3.05) is 35.7 Å². The van der Waals surface area contributed by atoms with Crippen LogP contribution in [-0.2, 0) is 4.74 Å².